The van der Waals surface area contributed by atoms with E-state index in [-0.39, 0.29) is 12.1 Å². The highest BCUT2D eigenvalue weighted by atomic mass is 15.2. The molecule has 0 aromatic carbocycles. The van der Waals surface area contributed by atoms with E-state index in [1.54, 1.807) is 0 Å². The Kier molecular flexibility index (Phi) is 6.46. The minimum absolute atomic E-state index is 0.0988. The Labute approximate surface area is 118 Å². The smallest absolute Gasteiger partial charge is 0.0511 e. The SMILES string of the molecule is CC(C)CN(CC(C)C)C(c1cccnc1)C(C)N. The maximum Gasteiger partial charge on any atom is 0.0511 e. The van der Waals surface area contributed by atoms with Crippen LogP contribution in [0.2, 0.25) is 0 Å². The van der Waals surface area contributed by atoms with E-state index in [0.717, 1.165) is 13.1 Å². The lowest BCUT2D eigenvalue weighted by Gasteiger charge is -2.36. The number of aromatic nitrogens is 1. The number of pyridine rings is 1. The van der Waals surface area contributed by atoms with Crippen LogP contribution < -0.4 is 5.73 Å². The van der Waals surface area contributed by atoms with Crippen LogP contribution in [0.3, 0.4) is 0 Å². The van der Waals surface area contributed by atoms with Gasteiger partial charge < -0.3 is 5.73 Å². The van der Waals surface area contributed by atoms with Gasteiger partial charge in [0.05, 0.1) is 6.04 Å². The molecule has 0 saturated carbocycles. The maximum atomic E-state index is 6.25. The van der Waals surface area contributed by atoms with Crippen LogP contribution in [0, 0.1) is 11.8 Å². The van der Waals surface area contributed by atoms with E-state index in [1.807, 2.05) is 18.5 Å². The molecule has 0 amide bonds. The third kappa shape index (κ3) is 5.29. The van der Waals surface area contributed by atoms with Crippen molar-refractivity contribution in [2.75, 3.05) is 13.1 Å². The summed E-state index contributed by atoms with van der Waals surface area (Å²) in [5, 5.41) is 0. The Morgan fingerprint density at radius 2 is 1.68 bits per heavy atom. The number of nitrogens with two attached hydrogens (primary N) is 1. The highest BCUT2D eigenvalue weighted by molar-refractivity contribution is 5.16. The topological polar surface area (TPSA) is 42.2 Å². The van der Waals surface area contributed by atoms with Gasteiger partial charge in [-0.15, -0.1) is 0 Å². The Morgan fingerprint density at radius 3 is 2.05 bits per heavy atom. The summed E-state index contributed by atoms with van der Waals surface area (Å²) in [6, 6.07) is 4.47. The van der Waals surface area contributed by atoms with E-state index in [1.165, 1.54) is 5.56 Å². The molecule has 0 radical (unpaired) electrons. The van der Waals surface area contributed by atoms with Gasteiger partial charge in [0, 0.05) is 31.5 Å². The zero-order valence-electron chi connectivity index (χ0n) is 13.0. The highest BCUT2D eigenvalue weighted by Crippen LogP contribution is 2.25. The largest absolute Gasteiger partial charge is 0.326 e. The number of rotatable bonds is 7. The lowest BCUT2D eigenvalue weighted by molar-refractivity contribution is 0.140. The Morgan fingerprint density at radius 1 is 1.11 bits per heavy atom. The molecule has 1 aromatic rings. The molecule has 0 aliphatic rings. The van der Waals surface area contributed by atoms with Gasteiger partial charge in [-0.1, -0.05) is 33.8 Å². The standard InChI is InChI=1S/C16H29N3/c1-12(2)10-19(11-13(3)4)16(14(5)17)15-7-6-8-18-9-15/h6-9,12-14,16H,10-11,17H2,1-5H3. The van der Waals surface area contributed by atoms with E-state index in [4.69, 9.17) is 5.73 Å². The molecule has 0 aliphatic heterocycles. The van der Waals surface area contributed by atoms with Crippen LogP contribution in [0.15, 0.2) is 24.5 Å². The van der Waals surface area contributed by atoms with Crippen molar-refractivity contribution in [1.82, 2.24) is 9.88 Å². The summed E-state index contributed by atoms with van der Waals surface area (Å²) in [7, 11) is 0. The predicted molar refractivity (Wildman–Crippen MR) is 81.9 cm³/mol. The summed E-state index contributed by atoms with van der Waals surface area (Å²) >= 11 is 0. The zero-order valence-corrected chi connectivity index (χ0v) is 13.0. The van der Waals surface area contributed by atoms with Crippen LogP contribution in [-0.4, -0.2) is 29.0 Å². The third-order valence-electron chi connectivity index (χ3n) is 3.12. The van der Waals surface area contributed by atoms with Crippen molar-refractivity contribution in [2.24, 2.45) is 17.6 Å². The normalized spacial score (nSPS) is 15.2. The molecule has 2 N–H and O–H groups in total. The summed E-state index contributed by atoms with van der Waals surface area (Å²) in [6.45, 7) is 13.3. The monoisotopic (exact) mass is 263 g/mol. The van der Waals surface area contributed by atoms with Gasteiger partial charge in [0.15, 0.2) is 0 Å². The van der Waals surface area contributed by atoms with Gasteiger partial charge in [0.1, 0.15) is 0 Å². The minimum Gasteiger partial charge on any atom is -0.326 e. The summed E-state index contributed by atoms with van der Waals surface area (Å²) < 4.78 is 0. The Balaban J connectivity index is 2.98. The summed E-state index contributed by atoms with van der Waals surface area (Å²) in [6.07, 6.45) is 3.76. The molecule has 19 heavy (non-hydrogen) atoms. The van der Waals surface area contributed by atoms with E-state index in [9.17, 15) is 0 Å². The first-order chi connectivity index (χ1) is 8.91. The van der Waals surface area contributed by atoms with Crippen molar-refractivity contribution in [3.8, 4) is 0 Å². The first kappa shape index (κ1) is 16.1. The Bertz CT molecular complexity index is 336. The molecular formula is C16H29N3. The minimum atomic E-state index is 0.0988. The molecule has 108 valence electrons. The van der Waals surface area contributed by atoms with E-state index in [2.05, 4.69) is 50.6 Å². The molecule has 2 unspecified atom stereocenters. The van der Waals surface area contributed by atoms with Gasteiger partial charge in [-0.3, -0.25) is 9.88 Å². The van der Waals surface area contributed by atoms with Gasteiger partial charge in [-0.2, -0.15) is 0 Å². The van der Waals surface area contributed by atoms with E-state index >= 15 is 0 Å². The third-order valence-corrected chi connectivity index (χ3v) is 3.12. The highest BCUT2D eigenvalue weighted by Gasteiger charge is 2.25. The fourth-order valence-electron chi connectivity index (χ4n) is 2.64. The molecule has 0 fully saturated rings. The molecule has 1 heterocycles. The van der Waals surface area contributed by atoms with Crippen molar-refractivity contribution in [3.63, 3.8) is 0 Å². The number of hydrogen-bond acceptors (Lipinski definition) is 3. The fraction of sp³-hybridized carbons (Fsp3) is 0.688. The molecule has 1 aromatic heterocycles. The molecule has 3 heteroatoms. The summed E-state index contributed by atoms with van der Waals surface area (Å²) in [5.74, 6) is 1.27. The van der Waals surface area contributed by atoms with Crippen LogP contribution in [0.4, 0.5) is 0 Å². The molecular weight excluding hydrogens is 234 g/mol. The average Bonchev–Trinajstić information content (AvgIpc) is 2.28. The van der Waals surface area contributed by atoms with E-state index in [0.29, 0.717) is 11.8 Å². The Hall–Kier alpha value is -0.930. The lowest BCUT2D eigenvalue weighted by Crippen LogP contribution is -2.43. The van der Waals surface area contributed by atoms with Gasteiger partial charge in [-0.05, 0) is 30.4 Å². The van der Waals surface area contributed by atoms with Gasteiger partial charge in [0.2, 0.25) is 0 Å². The predicted octanol–water partition coefficient (Wildman–Crippen LogP) is 3.08. The van der Waals surface area contributed by atoms with Crippen molar-refractivity contribution < 1.29 is 0 Å². The number of nitrogens with zero attached hydrogens (tertiary/aromatic N) is 2. The van der Waals surface area contributed by atoms with Gasteiger partial charge in [0.25, 0.3) is 0 Å². The van der Waals surface area contributed by atoms with Crippen LogP contribution in [0.5, 0.6) is 0 Å². The van der Waals surface area contributed by atoms with Crippen molar-refractivity contribution in [2.45, 2.75) is 46.7 Å². The molecule has 0 spiro atoms. The first-order valence-corrected chi connectivity index (χ1v) is 7.31. The lowest BCUT2D eigenvalue weighted by atomic mass is 9.98. The molecule has 0 bridgehead atoms. The van der Waals surface area contributed by atoms with Crippen molar-refractivity contribution in [1.29, 1.82) is 0 Å². The van der Waals surface area contributed by atoms with Gasteiger partial charge in [-0.25, -0.2) is 0 Å². The second kappa shape index (κ2) is 7.61. The molecule has 2 atom stereocenters. The first-order valence-electron chi connectivity index (χ1n) is 7.31. The number of hydrogen-bond donors (Lipinski definition) is 1. The maximum absolute atomic E-state index is 6.25. The van der Waals surface area contributed by atoms with E-state index < -0.39 is 0 Å². The molecule has 0 aliphatic carbocycles. The second-order valence-corrected chi connectivity index (χ2v) is 6.33. The van der Waals surface area contributed by atoms with Crippen LogP contribution in [0.1, 0.15) is 46.2 Å². The van der Waals surface area contributed by atoms with Crippen molar-refractivity contribution in [3.05, 3.63) is 30.1 Å². The van der Waals surface area contributed by atoms with Crippen LogP contribution in [-0.2, 0) is 0 Å². The van der Waals surface area contributed by atoms with Gasteiger partial charge >= 0.3 is 0 Å². The molecule has 1 rings (SSSR count). The quantitative estimate of drug-likeness (QED) is 0.822. The summed E-state index contributed by atoms with van der Waals surface area (Å²) in [4.78, 5) is 6.76. The fourth-order valence-corrected chi connectivity index (χ4v) is 2.64. The summed E-state index contributed by atoms with van der Waals surface area (Å²) in [5.41, 5.74) is 7.47. The van der Waals surface area contributed by atoms with Crippen LogP contribution >= 0.6 is 0 Å². The van der Waals surface area contributed by atoms with Crippen molar-refractivity contribution >= 4 is 0 Å². The average molecular weight is 263 g/mol. The zero-order chi connectivity index (χ0) is 14.4. The molecule has 3 nitrogen and oxygen atoms in total. The van der Waals surface area contributed by atoms with Crippen LogP contribution in [0.25, 0.3) is 0 Å². The molecule has 0 saturated heterocycles. The second-order valence-electron chi connectivity index (χ2n) is 6.33.